The molecule has 0 aromatic rings. The molecule has 0 radical (unpaired) electrons. The smallest absolute Gasteiger partial charge is 0.245 e. The van der Waals surface area contributed by atoms with Crippen molar-refractivity contribution in [3.05, 3.63) is 9.81 Å². The number of nitrogens with zero attached hydrogens (tertiary/aromatic N) is 2. The van der Waals surface area contributed by atoms with Gasteiger partial charge in [0.2, 0.25) is 0 Å². The van der Waals surface area contributed by atoms with Crippen LogP contribution in [0.5, 0.6) is 0 Å². The van der Waals surface area contributed by atoms with Crippen LogP contribution in [-0.2, 0) is 29.8 Å². The quantitative estimate of drug-likeness (QED) is 0.246. The highest BCUT2D eigenvalue weighted by Gasteiger charge is 2.06. The van der Waals surface area contributed by atoms with Crippen molar-refractivity contribution < 1.29 is 34.6 Å². The van der Waals surface area contributed by atoms with Gasteiger partial charge in [0, 0.05) is 15.1 Å². The predicted molar refractivity (Wildman–Crippen MR) is 23.5 cm³/mol. The summed E-state index contributed by atoms with van der Waals surface area (Å²) in [5.74, 6) is 0. The lowest BCUT2D eigenvalue weighted by molar-refractivity contribution is -0.699. The van der Waals surface area contributed by atoms with E-state index in [2.05, 4.69) is 29.8 Å². The monoisotopic (exact) mass is 184 g/mol. The van der Waals surface area contributed by atoms with Crippen LogP contribution in [0, 0.1) is 9.81 Å². The van der Waals surface area contributed by atoms with E-state index < -0.39 is 6.16 Å². The third-order valence-corrected chi connectivity index (χ3v) is 0.330. The highest BCUT2D eigenvalue weighted by Crippen LogP contribution is 1.89. The molecule has 12 heavy (non-hydrogen) atoms. The van der Waals surface area contributed by atoms with E-state index >= 15 is 0 Å². The predicted octanol–water partition coefficient (Wildman–Crippen LogP) is 0.229. The summed E-state index contributed by atoms with van der Waals surface area (Å²) in [4.78, 5) is 38.1. The Hall–Kier alpha value is -1.85. The molecule has 0 rings (SSSR count). The maximum absolute atomic E-state index is 9.95. The second-order valence-electron chi connectivity index (χ2n) is 0.852. The molecule has 11 heteroatoms. The first-order valence-electron chi connectivity index (χ1n) is 2.01. The molecule has 0 fully saturated rings. The molecule has 0 saturated heterocycles. The molecule has 0 aromatic heterocycles. The van der Waals surface area contributed by atoms with Crippen LogP contribution in [0.1, 0.15) is 0 Å². The van der Waals surface area contributed by atoms with Gasteiger partial charge >= 0.3 is 6.16 Å². The molecule has 0 bridgehead atoms. The normalized spacial score (nSPS) is 8.33. The Labute approximate surface area is 62.6 Å². The Balaban J connectivity index is 3.13. The molecule has 0 aliphatic heterocycles. The van der Waals surface area contributed by atoms with Crippen molar-refractivity contribution in [3.8, 4) is 0 Å². The number of carbonyl (C=O) groups excluding carboxylic acids is 1. The zero-order valence-electron chi connectivity index (χ0n) is 5.07. The van der Waals surface area contributed by atoms with Gasteiger partial charge in [-0.15, -0.1) is 14.8 Å². The van der Waals surface area contributed by atoms with Crippen LogP contribution in [0.3, 0.4) is 0 Å². The summed E-state index contributed by atoms with van der Waals surface area (Å²) in [5, 5.41) is 13.2. The zero-order chi connectivity index (χ0) is 9.23. The fourth-order valence-electron chi connectivity index (χ4n) is 0.123. The lowest BCUT2D eigenvalue weighted by Gasteiger charge is -1.93. The third kappa shape index (κ3) is 6.27. The van der Waals surface area contributed by atoms with Gasteiger partial charge in [-0.3, -0.25) is 0 Å². The summed E-state index contributed by atoms with van der Waals surface area (Å²) in [5.41, 5.74) is 0. The summed E-state index contributed by atoms with van der Waals surface area (Å²) < 4.78 is 0. The van der Waals surface area contributed by atoms with E-state index in [-0.39, 0.29) is 0 Å². The van der Waals surface area contributed by atoms with Crippen LogP contribution < -0.4 is 0 Å². The minimum Gasteiger partial charge on any atom is -0.245 e. The molecule has 0 aliphatic rings. The van der Waals surface area contributed by atoms with Crippen molar-refractivity contribution in [2.75, 3.05) is 0 Å². The van der Waals surface area contributed by atoms with Crippen LogP contribution in [0.2, 0.25) is 0 Å². The molecule has 0 saturated carbocycles. The lowest BCUT2D eigenvalue weighted by atomic mass is 11.4. The van der Waals surface area contributed by atoms with Gasteiger partial charge < -0.3 is 0 Å². The van der Waals surface area contributed by atoms with Crippen LogP contribution in [0.15, 0.2) is 10.7 Å². The van der Waals surface area contributed by atoms with Gasteiger partial charge in [0.25, 0.3) is 0 Å². The number of hydrogen-bond acceptors (Lipinski definition) is 11. The summed E-state index contributed by atoms with van der Waals surface area (Å²) in [6, 6.07) is 0. The molecule has 68 valence electrons. The van der Waals surface area contributed by atoms with Crippen LogP contribution >= 0.6 is 0 Å². The van der Waals surface area contributed by atoms with Crippen molar-refractivity contribution in [2.45, 2.75) is 0 Å². The van der Waals surface area contributed by atoms with E-state index in [0.717, 1.165) is 0 Å². The molecular formula is CN2O9. The minimum atomic E-state index is -1.62. The standard InChI is InChI=1S/CN2O9/c4-1(7-2-5)8-10-12-11-9-3-6. The van der Waals surface area contributed by atoms with Gasteiger partial charge in [0.05, 0.1) is 0 Å². The summed E-state index contributed by atoms with van der Waals surface area (Å²) >= 11 is 0. The highest BCUT2D eigenvalue weighted by atomic mass is 17.8. The topological polar surface area (TPSA) is 131 Å². The van der Waals surface area contributed by atoms with Crippen molar-refractivity contribution in [1.82, 2.24) is 0 Å². The maximum Gasteiger partial charge on any atom is 0.572 e. The zero-order valence-corrected chi connectivity index (χ0v) is 5.07. The third-order valence-electron chi connectivity index (χ3n) is 0.330. The molecule has 0 N–H and O–H groups in total. The molecule has 0 unspecified atom stereocenters. The molecular weight excluding hydrogens is 184 g/mol. The van der Waals surface area contributed by atoms with Gasteiger partial charge in [0.1, 0.15) is 0 Å². The molecule has 11 nitrogen and oxygen atoms in total. The van der Waals surface area contributed by atoms with Gasteiger partial charge in [-0.2, -0.15) is 4.79 Å². The molecule has 0 atom stereocenters. The Morgan fingerprint density at radius 3 is 2.33 bits per heavy atom. The Morgan fingerprint density at radius 1 is 1.00 bits per heavy atom. The minimum absolute atomic E-state index is 1.62. The highest BCUT2D eigenvalue weighted by molar-refractivity contribution is 5.58. The molecule has 0 aliphatic carbocycles. The average molecular weight is 184 g/mol. The summed E-state index contributed by atoms with van der Waals surface area (Å²) in [6.45, 7) is 0. The van der Waals surface area contributed by atoms with Crippen molar-refractivity contribution in [3.63, 3.8) is 0 Å². The number of carbonyl (C=O) groups is 1. The SMILES string of the molecule is O=NOOOOOC(=O)ON=O. The van der Waals surface area contributed by atoms with Crippen LogP contribution in [0.25, 0.3) is 0 Å². The molecule has 0 amide bonds. The van der Waals surface area contributed by atoms with Crippen molar-refractivity contribution in [2.24, 2.45) is 10.7 Å². The van der Waals surface area contributed by atoms with E-state index in [0.29, 0.717) is 0 Å². The fourth-order valence-corrected chi connectivity index (χ4v) is 0.123. The molecule has 0 spiro atoms. The first-order valence-corrected chi connectivity index (χ1v) is 2.01. The Bertz CT molecular complexity index is 155. The van der Waals surface area contributed by atoms with Crippen LogP contribution in [-0.4, -0.2) is 6.16 Å². The van der Waals surface area contributed by atoms with E-state index in [1.807, 2.05) is 0 Å². The lowest BCUT2D eigenvalue weighted by Crippen LogP contribution is -2.05. The average Bonchev–Trinajstić information content (AvgIpc) is 2.05. The van der Waals surface area contributed by atoms with Gasteiger partial charge in [-0.1, -0.05) is 0 Å². The maximum atomic E-state index is 9.95. The van der Waals surface area contributed by atoms with Gasteiger partial charge in [0.15, 0.2) is 10.7 Å². The second-order valence-corrected chi connectivity index (χ2v) is 0.852. The summed E-state index contributed by atoms with van der Waals surface area (Å²) in [6.07, 6.45) is -1.62. The van der Waals surface area contributed by atoms with Crippen molar-refractivity contribution >= 4 is 6.16 Å². The van der Waals surface area contributed by atoms with E-state index in [9.17, 15) is 4.79 Å². The van der Waals surface area contributed by atoms with E-state index in [4.69, 9.17) is 9.81 Å². The van der Waals surface area contributed by atoms with E-state index in [1.165, 1.54) is 0 Å². The second kappa shape index (κ2) is 7.26. The Kier molecular flexibility index (Phi) is 6.14. The first-order chi connectivity index (χ1) is 5.81. The first kappa shape index (κ1) is 10.2. The molecule has 0 heterocycles. The van der Waals surface area contributed by atoms with Crippen LogP contribution in [0.4, 0.5) is 4.79 Å². The van der Waals surface area contributed by atoms with E-state index in [1.54, 1.807) is 10.7 Å². The largest absolute Gasteiger partial charge is 0.572 e. The fraction of sp³-hybridized carbons (Fsp3) is 0. The number of rotatable bonds is 6. The Morgan fingerprint density at radius 2 is 1.75 bits per heavy atom. The van der Waals surface area contributed by atoms with Gasteiger partial charge in [-0.05, 0) is 0 Å². The summed E-state index contributed by atoms with van der Waals surface area (Å²) in [7, 11) is 0. The molecule has 0 aromatic carbocycles. The van der Waals surface area contributed by atoms with Gasteiger partial charge in [-0.25, -0.2) is 9.73 Å². The van der Waals surface area contributed by atoms with Crippen molar-refractivity contribution in [1.29, 1.82) is 0 Å². The number of hydrogen-bond donors (Lipinski definition) is 0.